The summed E-state index contributed by atoms with van der Waals surface area (Å²) in [7, 11) is 0. The zero-order valence-electron chi connectivity index (χ0n) is 15.5. The van der Waals surface area contributed by atoms with Crippen LogP contribution in [0.25, 0.3) is 0 Å². The Morgan fingerprint density at radius 3 is 2.00 bits per heavy atom. The topological polar surface area (TPSA) is 74.8 Å². The molecule has 0 unspecified atom stereocenters. The van der Waals surface area contributed by atoms with Crippen molar-refractivity contribution in [3.05, 3.63) is 6.07 Å². The Hall–Kier alpha value is -1.71. The number of nitrogens with one attached hydrogen (secondary N) is 2. The molecule has 0 atom stereocenters. The lowest BCUT2D eigenvalue weighted by molar-refractivity contribution is 0.122. The lowest BCUT2D eigenvalue weighted by atomic mass is 10.2. The van der Waals surface area contributed by atoms with Crippen LogP contribution in [0.2, 0.25) is 0 Å². The Balaban J connectivity index is 1.78. The molecule has 2 saturated heterocycles. The maximum absolute atomic E-state index is 5.46. The third-order valence-corrected chi connectivity index (χ3v) is 4.51. The van der Waals surface area contributed by atoms with E-state index in [2.05, 4.69) is 44.2 Å². The van der Waals surface area contributed by atoms with Crippen molar-refractivity contribution < 1.29 is 9.47 Å². The highest BCUT2D eigenvalue weighted by molar-refractivity contribution is 7.80. The lowest BCUT2D eigenvalue weighted by Crippen LogP contribution is -2.39. The van der Waals surface area contributed by atoms with Crippen LogP contribution in [0, 0.1) is 5.92 Å². The Bertz CT molecular complexity index is 567. The second-order valence-corrected chi connectivity index (χ2v) is 7.24. The molecule has 0 aliphatic carbocycles. The molecule has 144 valence electrons. The van der Waals surface area contributed by atoms with E-state index < -0.39 is 0 Å². The van der Waals surface area contributed by atoms with Crippen molar-refractivity contribution in [2.24, 2.45) is 5.92 Å². The summed E-state index contributed by atoms with van der Waals surface area (Å²) in [6.45, 7) is 11.3. The Labute approximate surface area is 160 Å². The highest BCUT2D eigenvalue weighted by Crippen LogP contribution is 2.23. The molecule has 8 nitrogen and oxygen atoms in total. The minimum atomic E-state index is 0.513. The summed E-state index contributed by atoms with van der Waals surface area (Å²) in [5.74, 6) is 2.84. The van der Waals surface area contributed by atoms with Crippen LogP contribution in [0.4, 0.5) is 17.6 Å². The summed E-state index contributed by atoms with van der Waals surface area (Å²) >= 11 is 5.38. The van der Waals surface area contributed by atoms with Gasteiger partial charge in [-0.15, -0.1) is 0 Å². The van der Waals surface area contributed by atoms with Crippen molar-refractivity contribution in [1.82, 2.24) is 15.3 Å². The van der Waals surface area contributed by atoms with Crippen LogP contribution in [0.5, 0.6) is 0 Å². The first-order chi connectivity index (χ1) is 12.6. The average molecular weight is 381 g/mol. The summed E-state index contributed by atoms with van der Waals surface area (Å²) in [6.07, 6.45) is 0. The number of aromatic nitrogens is 2. The molecule has 26 heavy (non-hydrogen) atoms. The monoisotopic (exact) mass is 380 g/mol. The van der Waals surface area contributed by atoms with E-state index in [1.807, 2.05) is 6.07 Å². The summed E-state index contributed by atoms with van der Waals surface area (Å²) < 4.78 is 10.9. The highest BCUT2D eigenvalue weighted by Gasteiger charge is 2.19. The van der Waals surface area contributed by atoms with Crippen molar-refractivity contribution in [3.63, 3.8) is 0 Å². The number of ether oxygens (including phenoxy) is 2. The number of thiocarbonyl (C=S) groups is 1. The molecular formula is C17H28N6O2S. The van der Waals surface area contributed by atoms with Gasteiger partial charge in [0.15, 0.2) is 5.11 Å². The van der Waals surface area contributed by atoms with Gasteiger partial charge in [0.1, 0.15) is 11.6 Å². The molecule has 0 saturated carbocycles. The summed E-state index contributed by atoms with van der Waals surface area (Å²) in [5.41, 5.74) is 0. The van der Waals surface area contributed by atoms with Crippen LogP contribution >= 0.6 is 12.2 Å². The number of morpholine rings is 2. The predicted octanol–water partition coefficient (Wildman–Crippen LogP) is 1.09. The van der Waals surface area contributed by atoms with Gasteiger partial charge in [0, 0.05) is 38.8 Å². The van der Waals surface area contributed by atoms with Gasteiger partial charge < -0.3 is 29.9 Å². The van der Waals surface area contributed by atoms with E-state index in [1.165, 1.54) is 0 Å². The van der Waals surface area contributed by atoms with Gasteiger partial charge in [0.25, 0.3) is 0 Å². The largest absolute Gasteiger partial charge is 0.378 e. The highest BCUT2D eigenvalue weighted by atomic mass is 32.1. The van der Waals surface area contributed by atoms with Crippen molar-refractivity contribution in [2.45, 2.75) is 13.8 Å². The molecule has 3 rings (SSSR count). The van der Waals surface area contributed by atoms with E-state index in [1.54, 1.807) is 0 Å². The van der Waals surface area contributed by atoms with Gasteiger partial charge >= 0.3 is 0 Å². The third kappa shape index (κ3) is 5.39. The first-order valence-corrected chi connectivity index (χ1v) is 9.62. The molecule has 0 amide bonds. The van der Waals surface area contributed by atoms with E-state index >= 15 is 0 Å². The van der Waals surface area contributed by atoms with Crippen molar-refractivity contribution >= 4 is 34.9 Å². The molecule has 1 aromatic rings. The first-order valence-electron chi connectivity index (χ1n) is 9.21. The maximum atomic E-state index is 5.46. The third-order valence-electron chi connectivity index (χ3n) is 4.27. The van der Waals surface area contributed by atoms with Crippen molar-refractivity contribution in [1.29, 1.82) is 0 Å². The Kier molecular flexibility index (Phi) is 6.81. The number of rotatable bonds is 5. The van der Waals surface area contributed by atoms with Gasteiger partial charge in [0.05, 0.1) is 26.4 Å². The van der Waals surface area contributed by atoms with Crippen LogP contribution in [0.3, 0.4) is 0 Å². The average Bonchev–Trinajstić information content (AvgIpc) is 2.67. The minimum Gasteiger partial charge on any atom is -0.378 e. The normalized spacial score (nSPS) is 18.1. The van der Waals surface area contributed by atoms with Gasteiger partial charge in [-0.05, 0) is 18.1 Å². The fourth-order valence-electron chi connectivity index (χ4n) is 2.83. The Morgan fingerprint density at radius 2 is 1.54 bits per heavy atom. The van der Waals surface area contributed by atoms with Gasteiger partial charge in [-0.25, -0.2) is 0 Å². The summed E-state index contributed by atoms with van der Waals surface area (Å²) in [4.78, 5) is 13.8. The standard InChI is InChI=1S/C17H28N6O2S/c1-13(2)12-18-17(26)21-16-19-14(22-3-7-24-8-4-22)11-15(20-16)23-5-9-25-10-6-23/h11,13H,3-10,12H2,1-2H3,(H2,18,19,20,21,26). The minimum absolute atomic E-state index is 0.513. The van der Waals surface area contributed by atoms with E-state index in [-0.39, 0.29) is 0 Å². The number of nitrogens with zero attached hydrogens (tertiary/aromatic N) is 4. The first kappa shape index (κ1) is 19.1. The fraction of sp³-hybridized carbons (Fsp3) is 0.706. The molecule has 2 N–H and O–H groups in total. The zero-order valence-corrected chi connectivity index (χ0v) is 16.3. The molecule has 0 radical (unpaired) electrons. The quantitative estimate of drug-likeness (QED) is 0.730. The van der Waals surface area contributed by atoms with Gasteiger partial charge in [0.2, 0.25) is 5.95 Å². The number of hydrogen-bond acceptors (Lipinski definition) is 7. The molecule has 2 fully saturated rings. The van der Waals surface area contributed by atoms with Crippen LogP contribution in [0.1, 0.15) is 13.8 Å². The van der Waals surface area contributed by atoms with E-state index in [4.69, 9.17) is 21.7 Å². The maximum Gasteiger partial charge on any atom is 0.232 e. The molecular weight excluding hydrogens is 352 g/mol. The zero-order chi connectivity index (χ0) is 18.4. The molecule has 1 aromatic heterocycles. The van der Waals surface area contributed by atoms with E-state index in [0.29, 0.717) is 43.4 Å². The van der Waals surface area contributed by atoms with Gasteiger partial charge in [-0.1, -0.05) is 13.8 Å². The smallest absolute Gasteiger partial charge is 0.232 e. The van der Waals surface area contributed by atoms with Crippen LogP contribution < -0.4 is 20.4 Å². The summed E-state index contributed by atoms with van der Waals surface area (Å²) in [5, 5.41) is 6.89. The summed E-state index contributed by atoms with van der Waals surface area (Å²) in [6, 6.07) is 2.05. The predicted molar refractivity (Wildman–Crippen MR) is 107 cm³/mol. The van der Waals surface area contributed by atoms with Crippen LogP contribution in [0.15, 0.2) is 6.07 Å². The van der Waals surface area contributed by atoms with Crippen molar-refractivity contribution in [3.8, 4) is 0 Å². The SMILES string of the molecule is CC(C)CNC(=S)Nc1nc(N2CCOCC2)cc(N2CCOCC2)n1. The van der Waals surface area contributed by atoms with Crippen LogP contribution in [-0.4, -0.2) is 74.2 Å². The molecule has 0 spiro atoms. The van der Waals surface area contributed by atoms with E-state index in [9.17, 15) is 0 Å². The number of anilines is 3. The second-order valence-electron chi connectivity index (χ2n) is 6.84. The molecule has 2 aliphatic rings. The van der Waals surface area contributed by atoms with Crippen LogP contribution in [-0.2, 0) is 9.47 Å². The van der Waals surface area contributed by atoms with Gasteiger partial charge in [-0.2, -0.15) is 9.97 Å². The molecule has 3 heterocycles. The second kappa shape index (κ2) is 9.29. The van der Waals surface area contributed by atoms with E-state index in [0.717, 1.165) is 44.4 Å². The molecule has 2 aliphatic heterocycles. The Morgan fingerprint density at radius 1 is 1.04 bits per heavy atom. The van der Waals surface area contributed by atoms with Gasteiger partial charge in [-0.3, -0.25) is 0 Å². The lowest BCUT2D eigenvalue weighted by Gasteiger charge is -2.31. The number of hydrogen-bond donors (Lipinski definition) is 2. The fourth-order valence-corrected chi connectivity index (χ4v) is 3.00. The molecule has 9 heteroatoms. The van der Waals surface area contributed by atoms with Crippen molar-refractivity contribution in [2.75, 3.05) is 74.3 Å². The molecule has 0 aromatic carbocycles. The molecule has 0 bridgehead atoms.